The van der Waals surface area contributed by atoms with Crippen LogP contribution in [0.4, 0.5) is 8.78 Å². The summed E-state index contributed by atoms with van der Waals surface area (Å²) in [6, 6.07) is 15.5. The lowest BCUT2D eigenvalue weighted by molar-refractivity contribution is 0.0944. The molecule has 2 aromatic heterocycles. The van der Waals surface area contributed by atoms with Crippen molar-refractivity contribution in [1.82, 2.24) is 19.9 Å². The number of fused-ring (bicyclic) bond motifs is 1. The molecule has 4 aromatic rings. The predicted octanol–water partition coefficient (Wildman–Crippen LogP) is 3.52. The molecular weight excluding hydrogens is 378 g/mol. The van der Waals surface area contributed by atoms with Gasteiger partial charge in [-0.15, -0.1) is 10.2 Å². The molecule has 0 radical (unpaired) electrons. The third kappa shape index (κ3) is 4.06. The van der Waals surface area contributed by atoms with Crippen LogP contribution in [0.25, 0.3) is 5.65 Å². The van der Waals surface area contributed by atoms with E-state index < -0.39 is 11.7 Å². The average molecular weight is 394 g/mol. The van der Waals surface area contributed by atoms with E-state index >= 15 is 0 Å². The second-order valence-corrected chi connectivity index (χ2v) is 6.29. The first-order valence-corrected chi connectivity index (χ1v) is 8.83. The van der Waals surface area contributed by atoms with E-state index in [4.69, 9.17) is 4.74 Å². The van der Waals surface area contributed by atoms with Gasteiger partial charge in [0.25, 0.3) is 5.91 Å². The van der Waals surface area contributed by atoms with E-state index in [0.717, 1.165) is 0 Å². The Hall–Kier alpha value is -3.81. The van der Waals surface area contributed by atoms with Crippen LogP contribution in [0.15, 0.2) is 67.0 Å². The van der Waals surface area contributed by atoms with Crippen molar-refractivity contribution in [1.29, 1.82) is 0 Å². The van der Waals surface area contributed by atoms with Crippen LogP contribution in [0, 0.1) is 11.6 Å². The van der Waals surface area contributed by atoms with Gasteiger partial charge in [0.15, 0.2) is 5.65 Å². The number of halogens is 2. The Morgan fingerprint density at radius 1 is 1.00 bits per heavy atom. The van der Waals surface area contributed by atoms with Crippen LogP contribution in [0.2, 0.25) is 0 Å². The molecule has 0 saturated carbocycles. The van der Waals surface area contributed by atoms with Gasteiger partial charge in [-0.25, -0.2) is 8.78 Å². The molecule has 0 aliphatic heterocycles. The SMILES string of the molecule is O=C(NCc1cc(OCc2ccccc2F)ccc1F)c1cccc2nncn12. The smallest absolute Gasteiger partial charge is 0.268 e. The number of nitrogens with zero attached hydrogens (tertiary/aromatic N) is 3. The zero-order valence-electron chi connectivity index (χ0n) is 15.2. The highest BCUT2D eigenvalue weighted by Crippen LogP contribution is 2.19. The standard InChI is InChI=1S/C21H16F2N4O2/c22-17-5-2-1-4-14(17)12-29-16-8-9-18(23)15(10-16)11-24-21(28)19-6-3-7-20-26-25-13-27(19)20/h1-10,13H,11-12H2,(H,24,28). The normalized spacial score (nSPS) is 10.8. The van der Waals surface area contributed by atoms with Crippen molar-refractivity contribution in [3.8, 4) is 5.75 Å². The van der Waals surface area contributed by atoms with E-state index in [-0.39, 0.29) is 24.5 Å². The lowest BCUT2D eigenvalue weighted by Crippen LogP contribution is -2.25. The quantitative estimate of drug-likeness (QED) is 0.543. The van der Waals surface area contributed by atoms with Gasteiger partial charge in [-0.1, -0.05) is 24.3 Å². The first kappa shape index (κ1) is 18.5. The summed E-state index contributed by atoms with van der Waals surface area (Å²) in [5.74, 6) is -0.872. The van der Waals surface area contributed by atoms with Crippen LogP contribution >= 0.6 is 0 Å². The lowest BCUT2D eigenvalue weighted by Gasteiger charge is -2.11. The Morgan fingerprint density at radius 3 is 2.69 bits per heavy atom. The van der Waals surface area contributed by atoms with Gasteiger partial charge < -0.3 is 10.1 Å². The van der Waals surface area contributed by atoms with Gasteiger partial charge in [-0.05, 0) is 36.4 Å². The van der Waals surface area contributed by atoms with Crippen LogP contribution in [0.5, 0.6) is 5.75 Å². The van der Waals surface area contributed by atoms with Crippen LogP contribution in [-0.4, -0.2) is 20.5 Å². The minimum atomic E-state index is -0.481. The fraction of sp³-hybridized carbons (Fsp3) is 0.0952. The van der Waals surface area contributed by atoms with Gasteiger partial charge in [-0.3, -0.25) is 9.20 Å². The van der Waals surface area contributed by atoms with Crippen molar-refractivity contribution in [3.05, 3.63) is 95.4 Å². The fourth-order valence-electron chi connectivity index (χ4n) is 2.85. The Labute approximate surface area is 164 Å². The average Bonchev–Trinajstić information content (AvgIpc) is 3.22. The van der Waals surface area contributed by atoms with E-state index in [9.17, 15) is 13.6 Å². The second-order valence-electron chi connectivity index (χ2n) is 6.29. The maximum atomic E-state index is 14.2. The molecule has 29 heavy (non-hydrogen) atoms. The van der Waals surface area contributed by atoms with Gasteiger partial charge >= 0.3 is 0 Å². The molecule has 8 heteroatoms. The minimum Gasteiger partial charge on any atom is -0.489 e. The van der Waals surface area contributed by atoms with Crippen LogP contribution in [0.1, 0.15) is 21.6 Å². The summed E-state index contributed by atoms with van der Waals surface area (Å²) in [7, 11) is 0. The molecule has 4 rings (SSSR count). The molecule has 0 fully saturated rings. The number of amides is 1. The molecule has 0 aliphatic rings. The number of benzene rings is 2. The number of rotatable bonds is 6. The van der Waals surface area contributed by atoms with E-state index in [1.165, 1.54) is 30.6 Å². The Morgan fingerprint density at radius 2 is 1.83 bits per heavy atom. The first-order valence-electron chi connectivity index (χ1n) is 8.83. The summed E-state index contributed by atoms with van der Waals surface area (Å²) in [6.07, 6.45) is 1.43. The van der Waals surface area contributed by atoms with Gasteiger partial charge in [0.2, 0.25) is 0 Å². The molecule has 0 unspecified atom stereocenters. The van der Waals surface area contributed by atoms with Crippen molar-refractivity contribution in [3.63, 3.8) is 0 Å². The van der Waals surface area contributed by atoms with Crippen LogP contribution in [0.3, 0.4) is 0 Å². The highest BCUT2D eigenvalue weighted by Gasteiger charge is 2.12. The molecule has 2 aromatic carbocycles. The Balaban J connectivity index is 1.45. The van der Waals surface area contributed by atoms with Crippen molar-refractivity contribution >= 4 is 11.6 Å². The van der Waals surface area contributed by atoms with Crippen molar-refractivity contribution in [2.45, 2.75) is 13.2 Å². The summed E-state index contributed by atoms with van der Waals surface area (Å²) in [6.45, 7) is -0.0280. The molecule has 0 spiro atoms. The van der Waals surface area contributed by atoms with Gasteiger partial charge in [0.1, 0.15) is 36.0 Å². The van der Waals surface area contributed by atoms with Crippen molar-refractivity contribution in [2.24, 2.45) is 0 Å². The Bertz CT molecular complexity index is 1180. The molecule has 146 valence electrons. The predicted molar refractivity (Wildman–Crippen MR) is 101 cm³/mol. The number of hydrogen-bond donors (Lipinski definition) is 1. The maximum absolute atomic E-state index is 14.2. The number of ether oxygens (including phenoxy) is 1. The first-order chi connectivity index (χ1) is 14.1. The molecule has 1 amide bonds. The van der Waals surface area contributed by atoms with Crippen molar-refractivity contribution < 1.29 is 18.3 Å². The van der Waals surface area contributed by atoms with Crippen LogP contribution < -0.4 is 10.1 Å². The zero-order valence-corrected chi connectivity index (χ0v) is 15.2. The van der Waals surface area contributed by atoms with Crippen LogP contribution in [-0.2, 0) is 13.2 Å². The topological polar surface area (TPSA) is 68.5 Å². The van der Waals surface area contributed by atoms with Crippen molar-refractivity contribution in [2.75, 3.05) is 0 Å². The maximum Gasteiger partial charge on any atom is 0.268 e. The number of carbonyl (C=O) groups is 1. The molecule has 0 aliphatic carbocycles. The van der Waals surface area contributed by atoms with Gasteiger partial charge in [0, 0.05) is 17.7 Å². The number of nitrogens with one attached hydrogen (secondary N) is 1. The number of carbonyl (C=O) groups excluding carboxylic acids is 1. The number of aromatic nitrogens is 3. The summed E-state index contributed by atoms with van der Waals surface area (Å²) < 4.78 is 35.0. The highest BCUT2D eigenvalue weighted by molar-refractivity contribution is 5.93. The lowest BCUT2D eigenvalue weighted by atomic mass is 10.2. The largest absolute Gasteiger partial charge is 0.489 e. The third-order valence-corrected chi connectivity index (χ3v) is 4.37. The third-order valence-electron chi connectivity index (χ3n) is 4.37. The summed E-state index contributed by atoms with van der Waals surface area (Å²) >= 11 is 0. The molecular formula is C21H16F2N4O2. The van der Waals surface area contributed by atoms with Gasteiger partial charge in [0.05, 0.1) is 0 Å². The molecule has 2 heterocycles. The summed E-state index contributed by atoms with van der Waals surface area (Å²) in [5, 5.41) is 10.3. The molecule has 0 saturated heterocycles. The molecule has 0 atom stereocenters. The highest BCUT2D eigenvalue weighted by atomic mass is 19.1. The van der Waals surface area contributed by atoms with E-state index in [1.807, 2.05) is 0 Å². The summed E-state index contributed by atoms with van der Waals surface area (Å²) in [5.41, 5.74) is 1.52. The van der Waals surface area contributed by atoms with E-state index in [2.05, 4.69) is 15.5 Å². The number of pyridine rings is 1. The monoisotopic (exact) mass is 394 g/mol. The van der Waals surface area contributed by atoms with E-state index in [1.54, 1.807) is 40.8 Å². The molecule has 1 N–H and O–H groups in total. The summed E-state index contributed by atoms with van der Waals surface area (Å²) in [4.78, 5) is 12.5. The Kier molecular flexibility index (Phi) is 5.15. The molecule has 6 nitrogen and oxygen atoms in total. The van der Waals surface area contributed by atoms with E-state index in [0.29, 0.717) is 22.7 Å². The second kappa shape index (κ2) is 8.05. The minimum absolute atomic E-state index is 0.0136. The zero-order chi connectivity index (χ0) is 20.2. The fourth-order valence-corrected chi connectivity index (χ4v) is 2.85. The van der Waals surface area contributed by atoms with Gasteiger partial charge in [-0.2, -0.15) is 0 Å². The number of hydrogen-bond acceptors (Lipinski definition) is 4. The molecule has 0 bridgehead atoms.